The van der Waals surface area contributed by atoms with Crippen LogP contribution in [0.5, 0.6) is 0 Å². The lowest BCUT2D eigenvalue weighted by Gasteiger charge is -2.07. The van der Waals surface area contributed by atoms with Crippen molar-refractivity contribution in [3.05, 3.63) is 70.3 Å². The van der Waals surface area contributed by atoms with Gasteiger partial charge in [-0.15, -0.1) is 20.4 Å². The van der Waals surface area contributed by atoms with Gasteiger partial charge < -0.3 is 8.83 Å². The van der Waals surface area contributed by atoms with Crippen molar-refractivity contribution in [2.24, 2.45) is 0 Å². The van der Waals surface area contributed by atoms with Crippen LogP contribution in [0.2, 0.25) is 0 Å². The van der Waals surface area contributed by atoms with Crippen LogP contribution in [0.4, 0.5) is 5.69 Å². The summed E-state index contributed by atoms with van der Waals surface area (Å²) in [6.07, 6.45) is 0. The normalized spacial score (nSPS) is 12.0. The molecule has 0 amide bonds. The zero-order valence-corrected chi connectivity index (χ0v) is 15.4. The maximum Gasteiger partial charge on any atom is 0.306 e. The lowest BCUT2D eigenvalue weighted by atomic mass is 10.1. The second-order valence-electron chi connectivity index (χ2n) is 5.76. The van der Waals surface area contributed by atoms with Gasteiger partial charge in [0, 0.05) is 22.9 Å². The Bertz CT molecular complexity index is 1110. The summed E-state index contributed by atoms with van der Waals surface area (Å²) in [5, 5.41) is 27.0. The van der Waals surface area contributed by atoms with Gasteiger partial charge in [-0.2, -0.15) is 0 Å². The second-order valence-corrected chi connectivity index (χ2v) is 7.06. The van der Waals surface area contributed by atoms with E-state index in [0.29, 0.717) is 11.1 Å². The molecule has 0 bridgehead atoms. The van der Waals surface area contributed by atoms with Gasteiger partial charge in [-0.25, -0.2) is 0 Å². The fourth-order valence-electron chi connectivity index (χ4n) is 2.46. The van der Waals surface area contributed by atoms with Crippen LogP contribution in [0, 0.1) is 10.1 Å². The SMILES string of the molecule is C[C@H](Sc1nnc(-c2nnc(-c3ccccc3)o2)o1)c1cccc([N+](=O)[O-])c1. The Morgan fingerprint density at radius 1 is 0.929 bits per heavy atom. The Labute approximate surface area is 163 Å². The molecule has 10 heteroatoms. The summed E-state index contributed by atoms with van der Waals surface area (Å²) >= 11 is 1.28. The first-order chi connectivity index (χ1) is 13.6. The molecule has 0 spiro atoms. The van der Waals surface area contributed by atoms with Crippen molar-refractivity contribution in [3.8, 4) is 23.2 Å². The number of rotatable bonds is 6. The Hall–Kier alpha value is -3.53. The second kappa shape index (κ2) is 7.61. The van der Waals surface area contributed by atoms with E-state index in [1.54, 1.807) is 6.07 Å². The van der Waals surface area contributed by atoms with Crippen LogP contribution in [-0.4, -0.2) is 25.3 Å². The standard InChI is InChI=1S/C18H13N5O4S/c1-11(13-8-5-9-14(10-13)23(24)25)28-18-22-21-17(27-18)16-20-19-15(26-16)12-6-3-2-4-7-12/h2-11H,1H3/t11-/m0/s1. The highest BCUT2D eigenvalue weighted by Crippen LogP contribution is 2.36. The minimum Gasteiger partial charge on any atom is -0.412 e. The minimum absolute atomic E-state index is 0.0375. The molecule has 0 unspecified atom stereocenters. The van der Waals surface area contributed by atoms with E-state index in [9.17, 15) is 10.1 Å². The van der Waals surface area contributed by atoms with Crippen molar-refractivity contribution in [1.29, 1.82) is 0 Å². The van der Waals surface area contributed by atoms with Crippen LogP contribution < -0.4 is 0 Å². The summed E-state index contributed by atoms with van der Waals surface area (Å²) in [4.78, 5) is 10.5. The first kappa shape index (κ1) is 17.9. The van der Waals surface area contributed by atoms with Gasteiger partial charge in [0.15, 0.2) is 0 Å². The molecule has 0 fully saturated rings. The Morgan fingerprint density at radius 3 is 2.43 bits per heavy atom. The van der Waals surface area contributed by atoms with Gasteiger partial charge in [-0.1, -0.05) is 42.1 Å². The van der Waals surface area contributed by atoms with Crippen molar-refractivity contribution in [3.63, 3.8) is 0 Å². The summed E-state index contributed by atoms with van der Waals surface area (Å²) < 4.78 is 11.2. The quantitative estimate of drug-likeness (QED) is 0.263. The van der Waals surface area contributed by atoms with Gasteiger partial charge in [-0.3, -0.25) is 10.1 Å². The lowest BCUT2D eigenvalue weighted by molar-refractivity contribution is -0.384. The first-order valence-corrected chi connectivity index (χ1v) is 9.12. The predicted molar refractivity (Wildman–Crippen MR) is 100 cm³/mol. The van der Waals surface area contributed by atoms with Crippen LogP contribution in [-0.2, 0) is 0 Å². The summed E-state index contributed by atoms with van der Waals surface area (Å²) in [6, 6.07) is 15.8. The molecular formula is C18H13N5O4S. The summed E-state index contributed by atoms with van der Waals surface area (Å²) in [5.74, 6) is 0.595. The molecule has 0 aliphatic rings. The van der Waals surface area contributed by atoms with E-state index in [2.05, 4.69) is 20.4 Å². The average Bonchev–Trinajstić information content (AvgIpc) is 3.38. The van der Waals surface area contributed by atoms with E-state index in [-0.39, 0.29) is 22.7 Å². The molecule has 140 valence electrons. The van der Waals surface area contributed by atoms with Gasteiger partial charge in [-0.05, 0) is 24.6 Å². The number of hydrogen-bond donors (Lipinski definition) is 0. The van der Waals surface area contributed by atoms with Crippen molar-refractivity contribution in [2.45, 2.75) is 17.4 Å². The zero-order valence-electron chi connectivity index (χ0n) is 14.6. The molecule has 0 saturated heterocycles. The third-order valence-corrected chi connectivity index (χ3v) is 4.86. The molecule has 2 heterocycles. The Balaban J connectivity index is 1.50. The van der Waals surface area contributed by atoms with Crippen molar-refractivity contribution >= 4 is 17.4 Å². The van der Waals surface area contributed by atoms with E-state index in [0.717, 1.165) is 11.1 Å². The van der Waals surface area contributed by atoms with Crippen molar-refractivity contribution in [2.75, 3.05) is 0 Å². The fourth-order valence-corrected chi connectivity index (χ4v) is 3.26. The fraction of sp³-hybridized carbons (Fsp3) is 0.111. The zero-order chi connectivity index (χ0) is 19.5. The average molecular weight is 395 g/mol. The van der Waals surface area contributed by atoms with Gasteiger partial charge in [0.1, 0.15) is 0 Å². The van der Waals surface area contributed by atoms with E-state index < -0.39 is 4.92 Å². The van der Waals surface area contributed by atoms with E-state index in [4.69, 9.17) is 8.83 Å². The lowest BCUT2D eigenvalue weighted by Crippen LogP contribution is -1.92. The Kier molecular flexibility index (Phi) is 4.85. The highest BCUT2D eigenvalue weighted by Gasteiger charge is 2.19. The van der Waals surface area contributed by atoms with E-state index in [1.807, 2.05) is 43.3 Å². The molecule has 9 nitrogen and oxygen atoms in total. The predicted octanol–water partition coefficient (Wildman–Crippen LogP) is 4.55. The van der Waals surface area contributed by atoms with E-state index in [1.165, 1.54) is 23.9 Å². The van der Waals surface area contributed by atoms with Crippen LogP contribution in [0.1, 0.15) is 17.7 Å². The number of nitrogens with zero attached hydrogens (tertiary/aromatic N) is 5. The molecule has 2 aromatic carbocycles. The largest absolute Gasteiger partial charge is 0.412 e. The van der Waals surface area contributed by atoms with Gasteiger partial charge in [0.05, 0.1) is 4.92 Å². The first-order valence-electron chi connectivity index (χ1n) is 8.24. The van der Waals surface area contributed by atoms with Crippen LogP contribution in [0.25, 0.3) is 23.2 Å². The highest BCUT2D eigenvalue weighted by molar-refractivity contribution is 7.99. The topological polar surface area (TPSA) is 121 Å². The number of benzene rings is 2. The molecule has 0 saturated carbocycles. The van der Waals surface area contributed by atoms with Crippen LogP contribution in [0.3, 0.4) is 0 Å². The third kappa shape index (κ3) is 3.76. The molecule has 4 aromatic rings. The van der Waals surface area contributed by atoms with E-state index >= 15 is 0 Å². The van der Waals surface area contributed by atoms with Gasteiger partial charge in [0.25, 0.3) is 10.9 Å². The number of nitro groups is 1. The third-order valence-electron chi connectivity index (χ3n) is 3.86. The Morgan fingerprint density at radius 2 is 1.64 bits per heavy atom. The minimum atomic E-state index is -0.425. The maximum atomic E-state index is 10.9. The molecule has 2 aromatic heterocycles. The molecule has 28 heavy (non-hydrogen) atoms. The maximum absolute atomic E-state index is 10.9. The number of aromatic nitrogens is 4. The number of non-ortho nitro benzene ring substituents is 1. The molecule has 0 aliphatic carbocycles. The summed E-state index contributed by atoms with van der Waals surface area (Å²) in [5.41, 5.74) is 1.60. The smallest absolute Gasteiger partial charge is 0.306 e. The number of thioether (sulfide) groups is 1. The molecule has 4 rings (SSSR count). The van der Waals surface area contributed by atoms with Crippen LogP contribution >= 0.6 is 11.8 Å². The highest BCUT2D eigenvalue weighted by atomic mass is 32.2. The van der Waals surface area contributed by atoms with Gasteiger partial charge >= 0.3 is 11.8 Å². The van der Waals surface area contributed by atoms with Crippen molar-refractivity contribution < 1.29 is 13.8 Å². The monoisotopic (exact) mass is 395 g/mol. The van der Waals surface area contributed by atoms with Crippen molar-refractivity contribution in [1.82, 2.24) is 20.4 Å². The molecule has 0 aliphatic heterocycles. The molecule has 1 atom stereocenters. The molecule has 0 N–H and O–H groups in total. The van der Waals surface area contributed by atoms with Crippen LogP contribution in [0.15, 0.2) is 68.7 Å². The summed E-state index contributed by atoms with van der Waals surface area (Å²) in [6.45, 7) is 1.90. The number of hydrogen-bond acceptors (Lipinski definition) is 9. The molecular weight excluding hydrogens is 382 g/mol. The number of nitro benzene ring substituents is 1. The summed E-state index contributed by atoms with van der Waals surface area (Å²) in [7, 11) is 0. The molecule has 0 radical (unpaired) electrons. The van der Waals surface area contributed by atoms with Gasteiger partial charge in [0.2, 0.25) is 5.89 Å².